The number of nitrogens with one attached hydrogen (secondary N) is 1. The molecule has 4 heteroatoms. The molecule has 0 aromatic heterocycles. The molecule has 0 saturated carbocycles. The molecule has 18 heavy (non-hydrogen) atoms. The van der Waals surface area contributed by atoms with Crippen LogP contribution < -0.4 is 5.32 Å². The largest absolute Gasteiger partial charge is 0.377 e. The lowest BCUT2D eigenvalue weighted by molar-refractivity contribution is 0.0789. The zero-order valence-corrected chi connectivity index (χ0v) is 12.2. The number of ether oxygens (including phenoxy) is 1. The average molecular weight is 316 g/mol. The predicted molar refractivity (Wildman–Crippen MR) is 74.2 cm³/mol. The van der Waals surface area contributed by atoms with Gasteiger partial charge in [0.05, 0.1) is 6.10 Å². The molecule has 1 N–H and O–H groups in total. The van der Waals surface area contributed by atoms with Gasteiger partial charge in [-0.15, -0.1) is 0 Å². The highest BCUT2D eigenvalue weighted by molar-refractivity contribution is 9.10. The Hall–Kier alpha value is -0.450. The van der Waals surface area contributed by atoms with Gasteiger partial charge in [-0.05, 0) is 49.6 Å². The van der Waals surface area contributed by atoms with Gasteiger partial charge in [0.1, 0.15) is 5.82 Å². The molecule has 2 rings (SSSR count). The number of halogens is 2. The Kier molecular flexibility index (Phi) is 5.15. The van der Waals surface area contributed by atoms with Crippen molar-refractivity contribution in [1.82, 2.24) is 5.32 Å². The van der Waals surface area contributed by atoms with E-state index in [0.29, 0.717) is 0 Å². The summed E-state index contributed by atoms with van der Waals surface area (Å²) in [5.74, 6) is -0.193. The number of hydrogen-bond donors (Lipinski definition) is 1. The fourth-order valence-electron chi connectivity index (χ4n) is 2.50. The second-order valence-corrected chi connectivity index (χ2v) is 5.61. The molecule has 2 atom stereocenters. The molecule has 1 aliphatic rings. The topological polar surface area (TPSA) is 21.3 Å². The first-order chi connectivity index (χ1) is 8.69. The summed E-state index contributed by atoms with van der Waals surface area (Å²) in [6.07, 6.45) is 3.27. The van der Waals surface area contributed by atoms with Crippen LogP contribution in [-0.2, 0) is 11.2 Å². The lowest BCUT2D eigenvalue weighted by atomic mass is 9.99. The van der Waals surface area contributed by atoms with Crippen molar-refractivity contribution < 1.29 is 9.13 Å². The molecule has 1 aliphatic heterocycles. The first-order valence-corrected chi connectivity index (χ1v) is 7.28. The third-order valence-corrected chi connectivity index (χ3v) is 3.72. The summed E-state index contributed by atoms with van der Waals surface area (Å²) >= 11 is 3.33. The monoisotopic (exact) mass is 315 g/mol. The van der Waals surface area contributed by atoms with Crippen LogP contribution in [0.5, 0.6) is 0 Å². The van der Waals surface area contributed by atoms with E-state index in [1.54, 1.807) is 6.07 Å². The van der Waals surface area contributed by atoms with Crippen LogP contribution in [0.3, 0.4) is 0 Å². The minimum absolute atomic E-state index is 0.193. The molecular formula is C14H19BrFNO. The Morgan fingerprint density at radius 3 is 2.94 bits per heavy atom. The Morgan fingerprint density at radius 1 is 1.50 bits per heavy atom. The zero-order valence-electron chi connectivity index (χ0n) is 10.6. The van der Waals surface area contributed by atoms with Crippen molar-refractivity contribution in [3.63, 3.8) is 0 Å². The first-order valence-electron chi connectivity index (χ1n) is 6.49. The van der Waals surface area contributed by atoms with Crippen LogP contribution in [0.25, 0.3) is 0 Å². The van der Waals surface area contributed by atoms with Gasteiger partial charge < -0.3 is 10.1 Å². The van der Waals surface area contributed by atoms with Gasteiger partial charge in [-0.1, -0.05) is 22.9 Å². The molecular weight excluding hydrogens is 297 g/mol. The average Bonchev–Trinajstić information content (AvgIpc) is 2.80. The molecule has 100 valence electrons. The van der Waals surface area contributed by atoms with E-state index in [9.17, 15) is 4.39 Å². The van der Waals surface area contributed by atoms with E-state index in [4.69, 9.17) is 4.74 Å². The van der Waals surface area contributed by atoms with E-state index in [2.05, 4.69) is 28.2 Å². The lowest BCUT2D eigenvalue weighted by Gasteiger charge is -2.24. The van der Waals surface area contributed by atoms with E-state index >= 15 is 0 Å². The van der Waals surface area contributed by atoms with Crippen molar-refractivity contribution in [1.29, 1.82) is 0 Å². The van der Waals surface area contributed by atoms with Crippen LogP contribution in [0, 0.1) is 5.82 Å². The normalized spacial score (nSPS) is 21.2. The van der Waals surface area contributed by atoms with Crippen LogP contribution in [0.2, 0.25) is 0 Å². The van der Waals surface area contributed by atoms with E-state index in [-0.39, 0.29) is 18.0 Å². The lowest BCUT2D eigenvalue weighted by Crippen LogP contribution is -2.41. The molecule has 0 aliphatic carbocycles. The fraction of sp³-hybridized carbons (Fsp3) is 0.571. The van der Waals surface area contributed by atoms with Gasteiger partial charge in [-0.2, -0.15) is 0 Å². The summed E-state index contributed by atoms with van der Waals surface area (Å²) in [5, 5.41) is 3.45. The summed E-state index contributed by atoms with van der Waals surface area (Å²) in [6, 6.07) is 5.33. The maximum absolute atomic E-state index is 13.4. The van der Waals surface area contributed by atoms with Crippen molar-refractivity contribution in [3.8, 4) is 0 Å². The predicted octanol–water partition coefficient (Wildman–Crippen LogP) is 3.29. The standard InChI is InChI=1S/C14H19BrFNO/c1-2-17-13(14-4-3-5-18-14)8-10-6-11(15)9-12(16)7-10/h6-7,9,13-14,17H,2-5,8H2,1H3. The highest BCUT2D eigenvalue weighted by Gasteiger charge is 2.25. The number of likely N-dealkylation sites (N-methyl/N-ethyl adjacent to an activating group) is 1. The van der Waals surface area contributed by atoms with Crippen LogP contribution in [0.4, 0.5) is 4.39 Å². The Labute approximate surface area is 116 Å². The molecule has 1 saturated heterocycles. The van der Waals surface area contributed by atoms with E-state index in [0.717, 1.165) is 42.5 Å². The highest BCUT2D eigenvalue weighted by Crippen LogP contribution is 2.21. The molecule has 1 aromatic rings. The smallest absolute Gasteiger partial charge is 0.124 e. The minimum Gasteiger partial charge on any atom is -0.377 e. The van der Waals surface area contributed by atoms with Crippen LogP contribution >= 0.6 is 15.9 Å². The summed E-state index contributed by atoms with van der Waals surface area (Å²) in [4.78, 5) is 0. The van der Waals surface area contributed by atoms with Crippen molar-refractivity contribution >= 4 is 15.9 Å². The van der Waals surface area contributed by atoms with Gasteiger partial charge in [0.15, 0.2) is 0 Å². The Bertz CT molecular complexity index is 373. The summed E-state index contributed by atoms with van der Waals surface area (Å²) in [5.41, 5.74) is 1.00. The second-order valence-electron chi connectivity index (χ2n) is 4.70. The second kappa shape index (κ2) is 6.64. The van der Waals surface area contributed by atoms with Gasteiger partial charge >= 0.3 is 0 Å². The molecule has 0 spiro atoms. The van der Waals surface area contributed by atoms with Crippen molar-refractivity contribution in [2.24, 2.45) is 0 Å². The molecule has 1 fully saturated rings. The minimum atomic E-state index is -0.193. The van der Waals surface area contributed by atoms with Crippen LogP contribution in [0.1, 0.15) is 25.3 Å². The van der Waals surface area contributed by atoms with E-state index < -0.39 is 0 Å². The quantitative estimate of drug-likeness (QED) is 0.900. The molecule has 1 aromatic carbocycles. The maximum atomic E-state index is 13.4. The third kappa shape index (κ3) is 3.77. The van der Waals surface area contributed by atoms with Crippen molar-refractivity contribution in [2.45, 2.75) is 38.3 Å². The van der Waals surface area contributed by atoms with Gasteiger partial charge in [0.2, 0.25) is 0 Å². The van der Waals surface area contributed by atoms with E-state index in [1.807, 2.05) is 6.07 Å². The molecule has 2 unspecified atom stereocenters. The molecule has 0 bridgehead atoms. The van der Waals surface area contributed by atoms with Crippen molar-refractivity contribution in [2.75, 3.05) is 13.2 Å². The fourth-order valence-corrected chi connectivity index (χ4v) is 3.01. The summed E-state index contributed by atoms with van der Waals surface area (Å²) in [7, 11) is 0. The maximum Gasteiger partial charge on any atom is 0.124 e. The first kappa shape index (κ1) is 14.0. The van der Waals surface area contributed by atoms with Gasteiger partial charge in [0, 0.05) is 17.1 Å². The van der Waals surface area contributed by atoms with Gasteiger partial charge in [-0.3, -0.25) is 0 Å². The number of rotatable bonds is 5. The zero-order chi connectivity index (χ0) is 13.0. The third-order valence-electron chi connectivity index (χ3n) is 3.26. The number of benzene rings is 1. The van der Waals surface area contributed by atoms with Crippen LogP contribution in [0.15, 0.2) is 22.7 Å². The SMILES string of the molecule is CCNC(Cc1cc(F)cc(Br)c1)C1CCCO1. The Balaban J connectivity index is 2.07. The summed E-state index contributed by atoms with van der Waals surface area (Å²) in [6.45, 7) is 3.84. The molecule has 0 amide bonds. The van der Waals surface area contributed by atoms with Crippen LogP contribution in [-0.4, -0.2) is 25.3 Å². The Morgan fingerprint density at radius 2 is 2.33 bits per heavy atom. The molecule has 1 heterocycles. The van der Waals surface area contributed by atoms with Gasteiger partial charge in [-0.25, -0.2) is 4.39 Å². The highest BCUT2D eigenvalue weighted by atomic mass is 79.9. The molecule has 2 nitrogen and oxygen atoms in total. The summed E-state index contributed by atoms with van der Waals surface area (Å²) < 4.78 is 19.9. The van der Waals surface area contributed by atoms with Crippen molar-refractivity contribution in [3.05, 3.63) is 34.1 Å². The van der Waals surface area contributed by atoms with E-state index in [1.165, 1.54) is 6.07 Å². The number of hydrogen-bond acceptors (Lipinski definition) is 2. The molecule has 0 radical (unpaired) electrons. The van der Waals surface area contributed by atoms with Gasteiger partial charge in [0.25, 0.3) is 0 Å².